The molecule has 0 aliphatic rings. The number of carboxylic acids is 1. The summed E-state index contributed by atoms with van der Waals surface area (Å²) in [6.45, 7) is 0. The van der Waals surface area contributed by atoms with Crippen LogP contribution in [0.3, 0.4) is 0 Å². The highest BCUT2D eigenvalue weighted by atomic mass is 19.4. The van der Waals surface area contributed by atoms with Crippen LogP contribution in [0.4, 0.5) is 18.9 Å². The van der Waals surface area contributed by atoms with Crippen LogP contribution in [-0.4, -0.2) is 28.3 Å². The number of nitrogens with one attached hydrogen (secondary N) is 1. The molecule has 0 radical (unpaired) electrons. The number of alkyl halides is 3. The van der Waals surface area contributed by atoms with Gasteiger partial charge in [-0.15, -0.1) is 0 Å². The minimum absolute atomic E-state index is 0.137. The minimum atomic E-state index is -5.04. The number of aliphatic carboxylic acids is 1. The van der Waals surface area contributed by atoms with Gasteiger partial charge in [-0.25, -0.2) is 4.79 Å². The fourth-order valence-corrected chi connectivity index (χ4v) is 1.13. The third kappa shape index (κ3) is 3.45. The van der Waals surface area contributed by atoms with E-state index in [1.165, 1.54) is 12.1 Å². The number of aliphatic hydroxyl groups excluding tert-OH is 1. The van der Waals surface area contributed by atoms with Crippen molar-refractivity contribution in [2.75, 3.05) is 5.32 Å². The predicted octanol–water partition coefficient (Wildman–Crippen LogP) is 1.31. The first-order valence-electron chi connectivity index (χ1n) is 4.61. The second kappa shape index (κ2) is 5.05. The van der Waals surface area contributed by atoms with Crippen LogP contribution in [0.5, 0.6) is 0 Å². The lowest BCUT2D eigenvalue weighted by atomic mass is 10.1. The summed E-state index contributed by atoms with van der Waals surface area (Å²) in [5.74, 6) is -3.72. The van der Waals surface area contributed by atoms with Crippen molar-refractivity contribution >= 4 is 17.6 Å². The molecule has 1 unspecified atom stereocenters. The molecule has 1 amide bonds. The molecule has 0 aliphatic heterocycles. The van der Waals surface area contributed by atoms with Gasteiger partial charge >= 0.3 is 18.1 Å². The lowest BCUT2D eigenvalue weighted by molar-refractivity contribution is -0.167. The summed E-state index contributed by atoms with van der Waals surface area (Å²) in [7, 11) is 0. The molecule has 0 fully saturated rings. The van der Waals surface area contributed by atoms with Crippen molar-refractivity contribution in [2.45, 2.75) is 12.3 Å². The molecule has 3 N–H and O–H groups in total. The molecule has 1 rings (SSSR count). The molecule has 1 aromatic carbocycles. The van der Waals surface area contributed by atoms with Gasteiger partial charge in [0.2, 0.25) is 0 Å². The summed E-state index contributed by atoms with van der Waals surface area (Å²) in [5, 5.41) is 19.2. The van der Waals surface area contributed by atoms with Crippen LogP contribution in [0.2, 0.25) is 0 Å². The molecule has 1 aromatic rings. The maximum atomic E-state index is 12.0. The lowest BCUT2D eigenvalue weighted by Crippen LogP contribution is -2.30. The summed E-state index contributed by atoms with van der Waals surface area (Å²) in [4.78, 5) is 21.1. The van der Waals surface area contributed by atoms with Gasteiger partial charge in [0.15, 0.2) is 6.10 Å². The van der Waals surface area contributed by atoms with Crippen LogP contribution >= 0.6 is 0 Å². The molecular formula is C10H8F3NO4. The first-order valence-corrected chi connectivity index (χ1v) is 4.61. The largest absolute Gasteiger partial charge is 0.479 e. The molecule has 5 nitrogen and oxygen atoms in total. The van der Waals surface area contributed by atoms with Crippen LogP contribution in [0.25, 0.3) is 0 Å². The number of carbonyl (C=O) groups excluding carboxylic acids is 1. The Morgan fingerprint density at radius 1 is 1.28 bits per heavy atom. The summed E-state index contributed by atoms with van der Waals surface area (Å²) in [6, 6.07) is 4.51. The number of benzene rings is 1. The molecule has 0 spiro atoms. The van der Waals surface area contributed by atoms with E-state index in [0.29, 0.717) is 0 Å². The number of aliphatic hydroxyl groups is 1. The molecule has 0 bridgehead atoms. The Balaban J connectivity index is 2.90. The maximum Gasteiger partial charge on any atom is 0.471 e. The quantitative estimate of drug-likeness (QED) is 0.767. The van der Waals surface area contributed by atoms with E-state index in [-0.39, 0.29) is 11.3 Å². The van der Waals surface area contributed by atoms with E-state index in [2.05, 4.69) is 0 Å². The maximum absolute atomic E-state index is 12.0. The molecule has 0 heterocycles. The van der Waals surface area contributed by atoms with Gasteiger partial charge in [0.05, 0.1) is 0 Å². The smallest absolute Gasteiger partial charge is 0.471 e. The number of hydrogen-bond acceptors (Lipinski definition) is 3. The van der Waals surface area contributed by atoms with Crippen LogP contribution in [0, 0.1) is 0 Å². The second-order valence-electron chi connectivity index (χ2n) is 3.32. The number of halogens is 3. The van der Waals surface area contributed by atoms with Crippen LogP contribution in [-0.2, 0) is 9.59 Å². The Kier molecular flexibility index (Phi) is 3.92. The zero-order chi connectivity index (χ0) is 13.9. The van der Waals surface area contributed by atoms with E-state index >= 15 is 0 Å². The van der Waals surface area contributed by atoms with Crippen molar-refractivity contribution in [3.63, 3.8) is 0 Å². The molecule has 0 aliphatic carbocycles. The van der Waals surface area contributed by atoms with E-state index in [1.807, 2.05) is 0 Å². The first kappa shape index (κ1) is 14.0. The minimum Gasteiger partial charge on any atom is -0.479 e. The van der Waals surface area contributed by atoms with E-state index in [1.54, 1.807) is 5.32 Å². The third-order valence-corrected chi connectivity index (χ3v) is 1.95. The standard InChI is InChI=1S/C10H8F3NO4/c11-10(12,13)9(18)14-6-3-1-2-5(4-6)7(15)8(16)17/h1-4,7,15H,(H,14,18)(H,16,17). The summed E-state index contributed by atoms with van der Waals surface area (Å²) >= 11 is 0. The Labute approximate surface area is 98.8 Å². The monoisotopic (exact) mass is 263 g/mol. The average molecular weight is 263 g/mol. The average Bonchev–Trinajstić information content (AvgIpc) is 2.27. The molecule has 0 aromatic heterocycles. The van der Waals surface area contributed by atoms with Gasteiger partial charge in [-0.1, -0.05) is 12.1 Å². The van der Waals surface area contributed by atoms with E-state index < -0.39 is 24.2 Å². The molecular weight excluding hydrogens is 255 g/mol. The predicted molar refractivity (Wildman–Crippen MR) is 53.7 cm³/mol. The molecule has 98 valence electrons. The molecule has 0 saturated heterocycles. The first-order chi connectivity index (χ1) is 8.21. The van der Waals surface area contributed by atoms with Crippen molar-refractivity contribution in [3.8, 4) is 0 Å². The van der Waals surface area contributed by atoms with Crippen molar-refractivity contribution in [1.82, 2.24) is 0 Å². The van der Waals surface area contributed by atoms with Crippen LogP contribution in [0.1, 0.15) is 11.7 Å². The number of rotatable bonds is 3. The SMILES string of the molecule is O=C(O)C(O)c1cccc(NC(=O)C(F)(F)F)c1. The van der Waals surface area contributed by atoms with Gasteiger partial charge in [0.1, 0.15) is 0 Å². The van der Waals surface area contributed by atoms with E-state index in [4.69, 9.17) is 5.11 Å². The Morgan fingerprint density at radius 2 is 1.89 bits per heavy atom. The number of carbonyl (C=O) groups is 2. The van der Waals surface area contributed by atoms with E-state index in [9.17, 15) is 27.9 Å². The second-order valence-corrected chi connectivity index (χ2v) is 3.32. The lowest BCUT2D eigenvalue weighted by Gasteiger charge is -2.10. The summed E-state index contributed by atoms with van der Waals surface area (Å²) in [5.41, 5.74) is -0.391. The Morgan fingerprint density at radius 3 is 2.39 bits per heavy atom. The molecule has 18 heavy (non-hydrogen) atoms. The Bertz CT molecular complexity index is 472. The van der Waals surface area contributed by atoms with Crippen molar-refractivity contribution in [1.29, 1.82) is 0 Å². The highest BCUT2D eigenvalue weighted by Crippen LogP contribution is 2.21. The Hall–Kier alpha value is -2.09. The van der Waals surface area contributed by atoms with Gasteiger partial charge < -0.3 is 15.5 Å². The van der Waals surface area contributed by atoms with Crippen molar-refractivity contribution < 1.29 is 33.0 Å². The number of anilines is 1. The number of hydrogen-bond donors (Lipinski definition) is 3. The van der Waals surface area contributed by atoms with Crippen molar-refractivity contribution in [2.24, 2.45) is 0 Å². The highest BCUT2D eigenvalue weighted by Gasteiger charge is 2.38. The van der Waals surface area contributed by atoms with Gasteiger partial charge in [-0.05, 0) is 17.7 Å². The van der Waals surface area contributed by atoms with Gasteiger partial charge in [0, 0.05) is 5.69 Å². The van der Waals surface area contributed by atoms with E-state index in [0.717, 1.165) is 12.1 Å². The fraction of sp³-hybridized carbons (Fsp3) is 0.200. The topological polar surface area (TPSA) is 86.6 Å². The van der Waals surface area contributed by atoms with Crippen LogP contribution < -0.4 is 5.32 Å². The van der Waals surface area contributed by atoms with Gasteiger partial charge in [-0.2, -0.15) is 13.2 Å². The molecule has 0 saturated carbocycles. The third-order valence-electron chi connectivity index (χ3n) is 1.95. The molecule has 1 atom stereocenters. The highest BCUT2D eigenvalue weighted by molar-refractivity contribution is 5.95. The normalized spacial score (nSPS) is 12.9. The van der Waals surface area contributed by atoms with Gasteiger partial charge in [0.25, 0.3) is 0 Å². The zero-order valence-corrected chi connectivity index (χ0v) is 8.73. The number of amides is 1. The number of carboxylic acid groups (broad SMARTS) is 1. The zero-order valence-electron chi connectivity index (χ0n) is 8.73. The van der Waals surface area contributed by atoms with Gasteiger partial charge in [-0.3, -0.25) is 4.79 Å². The fourth-order valence-electron chi connectivity index (χ4n) is 1.13. The summed E-state index contributed by atoms with van der Waals surface area (Å²) < 4.78 is 35.9. The summed E-state index contributed by atoms with van der Waals surface area (Å²) in [6.07, 6.45) is -6.91. The molecule has 8 heteroatoms. The van der Waals surface area contributed by atoms with Crippen LogP contribution in [0.15, 0.2) is 24.3 Å². The van der Waals surface area contributed by atoms with Crippen molar-refractivity contribution in [3.05, 3.63) is 29.8 Å².